The minimum absolute atomic E-state index is 0.0448. The number of esters is 2. The van der Waals surface area contributed by atoms with Crippen LogP contribution >= 0.6 is 7.82 Å². The van der Waals surface area contributed by atoms with Crippen molar-refractivity contribution in [3.63, 3.8) is 0 Å². The van der Waals surface area contributed by atoms with Crippen LogP contribution in [0.1, 0.15) is 194 Å². The summed E-state index contributed by atoms with van der Waals surface area (Å²) in [4.78, 5) is 35.0. The second-order valence-electron chi connectivity index (χ2n) is 15.9. The molecule has 0 aromatic rings. The normalized spacial score (nSPS) is 14.0. The molecule has 0 radical (unpaired) electrons. The number of unbranched alkanes of at least 4 members (excludes halogenated alkanes) is 16. The predicted octanol–water partition coefficient (Wildman–Crippen LogP) is 14.9. The molecule has 0 saturated heterocycles. The molecule has 0 aliphatic carbocycles. The summed E-state index contributed by atoms with van der Waals surface area (Å²) in [5.41, 5.74) is 5.36. The fraction of sp³-hybridized carbons (Fsp3) is 0.660. The molecule has 0 aromatic heterocycles. The van der Waals surface area contributed by atoms with Crippen LogP contribution in [-0.4, -0.2) is 49.3 Å². The summed E-state index contributed by atoms with van der Waals surface area (Å²) in [7, 11) is -4.39. The number of allylic oxidation sites excluding steroid dienone is 16. The number of rotatable bonds is 45. The monoisotopic (exact) mass is 900 g/mol. The Balaban J connectivity index is 4.11. The summed E-state index contributed by atoms with van der Waals surface area (Å²) < 4.78 is 32.9. The largest absolute Gasteiger partial charge is 0.472 e. The van der Waals surface area contributed by atoms with Crippen molar-refractivity contribution in [2.45, 2.75) is 200 Å². The Labute approximate surface area is 385 Å². The number of phosphoric ester groups is 1. The molecule has 0 aliphatic heterocycles. The van der Waals surface area contributed by atoms with Crippen LogP contribution in [0.3, 0.4) is 0 Å². The molecule has 63 heavy (non-hydrogen) atoms. The van der Waals surface area contributed by atoms with E-state index in [1.807, 2.05) is 0 Å². The summed E-state index contributed by atoms with van der Waals surface area (Å²) in [5, 5.41) is 0. The van der Waals surface area contributed by atoms with Crippen molar-refractivity contribution < 1.29 is 37.6 Å². The maximum Gasteiger partial charge on any atom is 0.472 e. The van der Waals surface area contributed by atoms with Crippen LogP contribution in [0.25, 0.3) is 0 Å². The number of carbonyl (C=O) groups is 2. The van der Waals surface area contributed by atoms with Gasteiger partial charge in [0.15, 0.2) is 6.10 Å². The molecule has 360 valence electrons. The van der Waals surface area contributed by atoms with Crippen molar-refractivity contribution in [1.82, 2.24) is 0 Å². The summed E-state index contributed by atoms with van der Waals surface area (Å²) in [6.45, 7) is 3.56. The average Bonchev–Trinajstić information content (AvgIpc) is 3.27. The highest BCUT2D eigenvalue weighted by molar-refractivity contribution is 7.47. The van der Waals surface area contributed by atoms with Gasteiger partial charge in [0.25, 0.3) is 0 Å². The first-order valence-electron chi connectivity index (χ1n) is 24.7. The van der Waals surface area contributed by atoms with Crippen LogP contribution in [0.4, 0.5) is 0 Å². The van der Waals surface area contributed by atoms with Crippen LogP contribution in [0.2, 0.25) is 0 Å². The van der Waals surface area contributed by atoms with Gasteiger partial charge in [-0.1, -0.05) is 182 Å². The molecule has 2 atom stereocenters. The van der Waals surface area contributed by atoms with Gasteiger partial charge < -0.3 is 20.1 Å². The number of hydrogen-bond donors (Lipinski definition) is 2. The Kier molecular flexibility index (Phi) is 46.0. The quantitative estimate of drug-likeness (QED) is 0.0265. The minimum atomic E-state index is -4.39. The Morgan fingerprint density at radius 2 is 0.873 bits per heavy atom. The molecule has 0 amide bonds. The van der Waals surface area contributed by atoms with E-state index in [0.717, 1.165) is 103 Å². The van der Waals surface area contributed by atoms with Gasteiger partial charge in [-0.25, -0.2) is 4.57 Å². The molecule has 0 fully saturated rings. The molecular formula is C53H90NO8P. The van der Waals surface area contributed by atoms with Gasteiger partial charge in [0.1, 0.15) is 6.61 Å². The number of nitrogens with two attached hydrogens (primary N) is 1. The Morgan fingerprint density at radius 1 is 0.492 bits per heavy atom. The third-order valence-corrected chi connectivity index (χ3v) is 10.9. The van der Waals surface area contributed by atoms with Crippen molar-refractivity contribution in [2.75, 3.05) is 26.4 Å². The molecule has 0 bridgehead atoms. The van der Waals surface area contributed by atoms with Gasteiger partial charge in [0, 0.05) is 19.4 Å². The second-order valence-corrected chi connectivity index (χ2v) is 17.4. The molecule has 0 saturated carbocycles. The highest BCUT2D eigenvalue weighted by atomic mass is 31.2. The second kappa shape index (κ2) is 48.4. The first-order valence-corrected chi connectivity index (χ1v) is 26.2. The number of phosphoric acid groups is 1. The van der Waals surface area contributed by atoms with Crippen molar-refractivity contribution in [2.24, 2.45) is 5.73 Å². The van der Waals surface area contributed by atoms with Crippen molar-refractivity contribution in [1.29, 1.82) is 0 Å². The zero-order valence-electron chi connectivity index (χ0n) is 39.8. The van der Waals surface area contributed by atoms with Crippen LogP contribution < -0.4 is 5.73 Å². The van der Waals surface area contributed by atoms with E-state index in [0.29, 0.717) is 12.8 Å². The van der Waals surface area contributed by atoms with E-state index in [9.17, 15) is 19.0 Å². The standard InChI is InChI=1S/C53H90NO8P/c1-3-5-7-9-11-13-15-17-19-20-21-22-23-24-25-26-27-28-29-30-32-34-36-38-40-42-44-46-53(56)62-51(50-61-63(57,58)60-48-47-54)49-59-52(55)45-43-41-39-37-35-33-31-18-16-14-12-10-8-6-4-2/h5,7,11-14,17-19,21-22,24-25,27-28,31,51H,3-4,6,8-10,15-16,20,23,26,29-30,32-50,54H2,1-2H3,(H,57,58)/b7-5-,13-11-,14-12-,19-17-,22-21-,25-24-,28-27-,31-18-. The molecule has 9 nitrogen and oxygen atoms in total. The summed E-state index contributed by atoms with van der Waals surface area (Å²) in [6.07, 6.45) is 63.0. The maximum atomic E-state index is 12.6. The lowest BCUT2D eigenvalue weighted by Crippen LogP contribution is -2.29. The summed E-state index contributed by atoms with van der Waals surface area (Å²) in [5.74, 6) is -0.861. The van der Waals surface area contributed by atoms with Gasteiger partial charge in [-0.05, 0) is 96.3 Å². The molecule has 0 aliphatic rings. The number of hydrogen-bond acceptors (Lipinski definition) is 8. The van der Waals surface area contributed by atoms with Crippen LogP contribution in [0.5, 0.6) is 0 Å². The van der Waals surface area contributed by atoms with E-state index in [-0.39, 0.29) is 32.6 Å². The van der Waals surface area contributed by atoms with Gasteiger partial charge in [0.05, 0.1) is 13.2 Å². The molecule has 0 spiro atoms. The van der Waals surface area contributed by atoms with Crippen LogP contribution in [-0.2, 0) is 32.7 Å². The third-order valence-electron chi connectivity index (χ3n) is 9.95. The molecule has 2 unspecified atom stereocenters. The Bertz CT molecular complexity index is 1350. The van der Waals surface area contributed by atoms with Crippen LogP contribution in [0, 0.1) is 0 Å². The molecule has 0 heterocycles. The van der Waals surface area contributed by atoms with E-state index in [1.54, 1.807) is 0 Å². The lowest BCUT2D eigenvalue weighted by molar-refractivity contribution is -0.161. The van der Waals surface area contributed by atoms with Gasteiger partial charge in [-0.3, -0.25) is 18.6 Å². The molecule has 0 aromatic carbocycles. The van der Waals surface area contributed by atoms with Crippen molar-refractivity contribution in [3.8, 4) is 0 Å². The first kappa shape index (κ1) is 59.9. The molecule has 0 rings (SSSR count). The number of ether oxygens (including phenoxy) is 2. The Hall–Kier alpha value is -3.07. The third kappa shape index (κ3) is 48.2. The van der Waals surface area contributed by atoms with Gasteiger partial charge >= 0.3 is 19.8 Å². The Morgan fingerprint density at radius 3 is 1.30 bits per heavy atom. The molecule has 10 heteroatoms. The smallest absolute Gasteiger partial charge is 0.462 e. The zero-order chi connectivity index (χ0) is 46.0. The van der Waals surface area contributed by atoms with Gasteiger partial charge in [-0.2, -0.15) is 0 Å². The predicted molar refractivity (Wildman–Crippen MR) is 265 cm³/mol. The van der Waals surface area contributed by atoms with Crippen molar-refractivity contribution in [3.05, 3.63) is 97.2 Å². The van der Waals surface area contributed by atoms with E-state index in [2.05, 4.69) is 111 Å². The van der Waals surface area contributed by atoms with E-state index < -0.39 is 32.5 Å². The van der Waals surface area contributed by atoms with Crippen molar-refractivity contribution >= 4 is 19.8 Å². The van der Waals surface area contributed by atoms with Gasteiger partial charge in [-0.15, -0.1) is 0 Å². The fourth-order valence-corrected chi connectivity index (χ4v) is 7.08. The van der Waals surface area contributed by atoms with E-state index in [1.165, 1.54) is 51.4 Å². The first-order chi connectivity index (χ1) is 30.8. The average molecular weight is 900 g/mol. The lowest BCUT2D eigenvalue weighted by Gasteiger charge is -2.19. The van der Waals surface area contributed by atoms with E-state index >= 15 is 0 Å². The lowest BCUT2D eigenvalue weighted by atomic mass is 10.1. The SMILES string of the molecule is CC/C=C\C/C=C\C/C=C\C/C=C\C/C=C\C/C=C\CCCCCCCCCCC(=O)OC(COC(=O)CCCCCCC/C=C\C/C=C\CCCCC)COP(=O)(O)OCCN. The maximum absolute atomic E-state index is 12.6. The minimum Gasteiger partial charge on any atom is -0.462 e. The number of carbonyl (C=O) groups excluding carboxylic acids is 2. The summed E-state index contributed by atoms with van der Waals surface area (Å²) in [6, 6.07) is 0. The highest BCUT2D eigenvalue weighted by Gasteiger charge is 2.26. The zero-order valence-corrected chi connectivity index (χ0v) is 40.7. The fourth-order valence-electron chi connectivity index (χ4n) is 6.31. The van der Waals surface area contributed by atoms with Crippen LogP contribution in [0.15, 0.2) is 97.2 Å². The van der Waals surface area contributed by atoms with E-state index in [4.69, 9.17) is 24.3 Å². The summed E-state index contributed by atoms with van der Waals surface area (Å²) >= 11 is 0. The topological polar surface area (TPSA) is 134 Å². The molecule has 3 N–H and O–H groups in total. The highest BCUT2D eigenvalue weighted by Crippen LogP contribution is 2.43. The molecular weight excluding hydrogens is 810 g/mol. The van der Waals surface area contributed by atoms with Gasteiger partial charge in [0.2, 0.25) is 0 Å².